The molecule has 0 amide bonds. The fourth-order valence-corrected chi connectivity index (χ4v) is 2.38. The number of carbonyl (C=O) groups is 3. The molecule has 0 aromatic rings. The Bertz CT molecular complexity index is 293. The van der Waals surface area contributed by atoms with Crippen molar-refractivity contribution < 1.29 is 23.9 Å². The highest BCUT2D eigenvalue weighted by atomic mass is 16.5. The van der Waals surface area contributed by atoms with E-state index in [2.05, 4.69) is 9.47 Å². The van der Waals surface area contributed by atoms with Crippen LogP contribution in [-0.2, 0) is 23.9 Å². The van der Waals surface area contributed by atoms with Crippen LogP contribution in [-0.4, -0.2) is 31.9 Å². The van der Waals surface area contributed by atoms with Crippen molar-refractivity contribution in [3.05, 3.63) is 0 Å². The number of ether oxygens (including phenoxy) is 2. The molecular weight excluding hydrogens is 236 g/mol. The number of rotatable bonds is 6. The maximum Gasteiger partial charge on any atom is 0.305 e. The molecule has 0 aliphatic heterocycles. The van der Waals surface area contributed by atoms with Crippen LogP contribution < -0.4 is 0 Å². The number of carbonyl (C=O) groups excluding carboxylic acids is 3. The Labute approximate surface area is 107 Å². The SMILES string of the molecule is COC(=O)CC[C@H]1CC[C@H](CCC(=O)OC)C1=O. The minimum Gasteiger partial charge on any atom is -0.469 e. The van der Waals surface area contributed by atoms with E-state index in [1.807, 2.05) is 0 Å². The average molecular weight is 256 g/mol. The van der Waals surface area contributed by atoms with Crippen molar-refractivity contribution in [1.29, 1.82) is 0 Å². The molecule has 1 saturated carbocycles. The van der Waals surface area contributed by atoms with Crippen LogP contribution in [0.5, 0.6) is 0 Å². The van der Waals surface area contributed by atoms with Crippen LogP contribution in [0.3, 0.4) is 0 Å². The minimum absolute atomic E-state index is 0.0493. The minimum atomic E-state index is -0.277. The second-order valence-corrected chi connectivity index (χ2v) is 4.60. The third-order valence-corrected chi connectivity index (χ3v) is 3.52. The molecule has 5 heteroatoms. The highest BCUT2D eigenvalue weighted by Crippen LogP contribution is 2.33. The predicted molar refractivity (Wildman–Crippen MR) is 63.7 cm³/mol. The monoisotopic (exact) mass is 256 g/mol. The van der Waals surface area contributed by atoms with Crippen molar-refractivity contribution in [2.24, 2.45) is 11.8 Å². The molecule has 0 bridgehead atoms. The number of ketones is 1. The van der Waals surface area contributed by atoms with Gasteiger partial charge in [0.2, 0.25) is 0 Å². The van der Waals surface area contributed by atoms with Gasteiger partial charge in [0.15, 0.2) is 0 Å². The highest BCUT2D eigenvalue weighted by molar-refractivity contribution is 5.86. The van der Waals surface area contributed by atoms with Crippen molar-refractivity contribution in [1.82, 2.24) is 0 Å². The van der Waals surface area contributed by atoms with E-state index in [1.54, 1.807) is 0 Å². The highest BCUT2D eigenvalue weighted by Gasteiger charge is 2.34. The zero-order valence-corrected chi connectivity index (χ0v) is 10.9. The number of hydrogen-bond acceptors (Lipinski definition) is 5. The largest absolute Gasteiger partial charge is 0.469 e. The Balaban J connectivity index is 2.32. The van der Waals surface area contributed by atoms with E-state index in [4.69, 9.17) is 0 Å². The summed E-state index contributed by atoms with van der Waals surface area (Å²) in [5.74, 6) is -0.470. The molecule has 5 nitrogen and oxygen atoms in total. The van der Waals surface area contributed by atoms with Crippen molar-refractivity contribution in [2.75, 3.05) is 14.2 Å². The fourth-order valence-electron chi connectivity index (χ4n) is 2.38. The molecule has 0 unspecified atom stereocenters. The smallest absolute Gasteiger partial charge is 0.305 e. The van der Waals surface area contributed by atoms with Crippen LogP contribution in [0, 0.1) is 11.8 Å². The summed E-state index contributed by atoms with van der Waals surface area (Å²) in [7, 11) is 2.69. The third kappa shape index (κ3) is 4.13. The van der Waals surface area contributed by atoms with E-state index in [-0.39, 0.29) is 42.4 Å². The topological polar surface area (TPSA) is 69.7 Å². The third-order valence-electron chi connectivity index (χ3n) is 3.52. The lowest BCUT2D eigenvalue weighted by Gasteiger charge is -2.09. The first-order chi connectivity index (χ1) is 8.58. The number of esters is 2. The van der Waals surface area contributed by atoms with Crippen LogP contribution in [0.2, 0.25) is 0 Å². The number of methoxy groups -OCH3 is 2. The summed E-state index contributed by atoms with van der Waals surface area (Å²) < 4.78 is 9.11. The Kier molecular flexibility index (Phi) is 5.82. The van der Waals surface area contributed by atoms with E-state index in [0.29, 0.717) is 12.8 Å². The lowest BCUT2D eigenvalue weighted by molar-refractivity contribution is -0.141. The average Bonchev–Trinajstić information content (AvgIpc) is 2.74. The van der Waals surface area contributed by atoms with Gasteiger partial charge in [0.1, 0.15) is 5.78 Å². The second-order valence-electron chi connectivity index (χ2n) is 4.60. The maximum absolute atomic E-state index is 12.0. The Morgan fingerprint density at radius 2 is 1.39 bits per heavy atom. The van der Waals surface area contributed by atoms with Crippen molar-refractivity contribution in [3.8, 4) is 0 Å². The maximum atomic E-state index is 12.0. The van der Waals surface area contributed by atoms with Gasteiger partial charge in [-0.15, -0.1) is 0 Å². The first-order valence-electron chi connectivity index (χ1n) is 6.25. The molecule has 1 rings (SSSR count). The molecule has 0 aromatic carbocycles. The summed E-state index contributed by atoms with van der Waals surface area (Å²) in [6.45, 7) is 0. The van der Waals surface area contributed by atoms with Crippen LogP contribution in [0.15, 0.2) is 0 Å². The Hall–Kier alpha value is -1.39. The van der Waals surface area contributed by atoms with Gasteiger partial charge in [-0.05, 0) is 25.7 Å². The summed E-state index contributed by atoms with van der Waals surface area (Å²) in [6.07, 6.45) is 3.30. The lowest BCUT2D eigenvalue weighted by Crippen LogP contribution is -2.16. The molecule has 0 aromatic heterocycles. The normalized spacial score (nSPS) is 22.9. The first-order valence-corrected chi connectivity index (χ1v) is 6.25. The van der Waals surface area contributed by atoms with Gasteiger partial charge in [-0.25, -0.2) is 0 Å². The van der Waals surface area contributed by atoms with Crippen LogP contribution >= 0.6 is 0 Å². The second kappa shape index (κ2) is 7.13. The summed E-state index contributed by atoms with van der Waals surface area (Å²) >= 11 is 0. The van der Waals surface area contributed by atoms with Crippen molar-refractivity contribution in [2.45, 2.75) is 38.5 Å². The van der Waals surface area contributed by atoms with E-state index in [9.17, 15) is 14.4 Å². The zero-order valence-electron chi connectivity index (χ0n) is 10.9. The fraction of sp³-hybridized carbons (Fsp3) is 0.769. The summed E-state index contributed by atoms with van der Waals surface area (Å²) in [4.78, 5) is 34.0. The van der Waals surface area contributed by atoms with Gasteiger partial charge >= 0.3 is 11.9 Å². The summed E-state index contributed by atoms with van der Waals surface area (Å²) in [6, 6.07) is 0. The molecule has 1 aliphatic rings. The molecule has 0 heterocycles. The molecule has 18 heavy (non-hydrogen) atoms. The molecule has 1 fully saturated rings. The number of Topliss-reactive ketones (excluding diaryl/α,β-unsaturated/α-hetero) is 1. The molecule has 1 aliphatic carbocycles. The van der Waals surface area contributed by atoms with Gasteiger partial charge in [-0.3, -0.25) is 14.4 Å². The Morgan fingerprint density at radius 3 is 1.72 bits per heavy atom. The molecule has 102 valence electrons. The van der Waals surface area contributed by atoms with Crippen LogP contribution in [0.25, 0.3) is 0 Å². The van der Waals surface area contributed by atoms with Crippen LogP contribution in [0.1, 0.15) is 38.5 Å². The molecule has 2 atom stereocenters. The van der Waals surface area contributed by atoms with E-state index in [1.165, 1.54) is 14.2 Å². The van der Waals surface area contributed by atoms with Gasteiger partial charge in [-0.2, -0.15) is 0 Å². The lowest BCUT2D eigenvalue weighted by atomic mass is 9.95. The molecule has 0 N–H and O–H groups in total. The van der Waals surface area contributed by atoms with Crippen molar-refractivity contribution in [3.63, 3.8) is 0 Å². The van der Waals surface area contributed by atoms with E-state index in [0.717, 1.165) is 12.8 Å². The van der Waals surface area contributed by atoms with Gasteiger partial charge in [-0.1, -0.05) is 0 Å². The molecule has 0 radical (unpaired) electrons. The zero-order chi connectivity index (χ0) is 13.5. The predicted octanol–water partition coefficient (Wildman–Crippen LogP) is 1.49. The van der Waals surface area contributed by atoms with Gasteiger partial charge < -0.3 is 9.47 Å². The van der Waals surface area contributed by atoms with Gasteiger partial charge in [0, 0.05) is 24.7 Å². The molecule has 0 spiro atoms. The van der Waals surface area contributed by atoms with E-state index >= 15 is 0 Å². The van der Waals surface area contributed by atoms with Crippen LogP contribution in [0.4, 0.5) is 0 Å². The quantitative estimate of drug-likeness (QED) is 0.673. The first kappa shape index (κ1) is 14.7. The standard InChI is InChI=1S/C13H20O5/c1-17-11(14)7-5-9-3-4-10(13(9)16)6-8-12(15)18-2/h9-10H,3-8H2,1-2H3/t9-,10-/m1/s1. The molecular formula is C13H20O5. The van der Waals surface area contributed by atoms with Crippen molar-refractivity contribution >= 4 is 17.7 Å². The van der Waals surface area contributed by atoms with Gasteiger partial charge in [0.05, 0.1) is 14.2 Å². The van der Waals surface area contributed by atoms with Gasteiger partial charge in [0.25, 0.3) is 0 Å². The molecule has 0 saturated heterocycles. The summed E-state index contributed by atoms with van der Waals surface area (Å²) in [5, 5.41) is 0. The number of hydrogen-bond donors (Lipinski definition) is 0. The Morgan fingerprint density at radius 1 is 1.00 bits per heavy atom. The summed E-state index contributed by atoms with van der Waals surface area (Å²) in [5.41, 5.74) is 0. The van der Waals surface area contributed by atoms with E-state index < -0.39 is 0 Å².